The number of aromatic nitrogens is 2. The number of aliphatic hydroxyl groups excluding tert-OH is 1. The molecule has 2 saturated heterocycles. The topological polar surface area (TPSA) is 61.6 Å². The van der Waals surface area contributed by atoms with E-state index in [0.717, 1.165) is 39.0 Å². The lowest BCUT2D eigenvalue weighted by atomic mass is 9.74. The third kappa shape index (κ3) is 2.44. The highest BCUT2D eigenvalue weighted by Gasteiger charge is 2.53. The Morgan fingerprint density at radius 2 is 2.14 bits per heavy atom. The summed E-state index contributed by atoms with van der Waals surface area (Å²) in [6, 6.07) is 0. The molecule has 1 aromatic rings. The maximum absolute atomic E-state index is 12.5. The van der Waals surface area contributed by atoms with E-state index in [0.29, 0.717) is 6.42 Å². The number of likely N-dealkylation sites (N-methyl/N-ethyl adjacent to an activating group) is 1. The van der Waals surface area contributed by atoms with Crippen LogP contribution in [0.5, 0.6) is 0 Å². The van der Waals surface area contributed by atoms with E-state index in [-0.39, 0.29) is 24.0 Å². The zero-order chi connectivity index (χ0) is 15.7. The Labute approximate surface area is 131 Å². The molecule has 1 N–H and O–H groups in total. The first-order chi connectivity index (χ1) is 10.6. The van der Waals surface area contributed by atoms with E-state index < -0.39 is 0 Å². The molecule has 122 valence electrons. The third-order valence-corrected chi connectivity index (χ3v) is 5.45. The molecule has 6 nitrogen and oxygen atoms in total. The van der Waals surface area contributed by atoms with Crippen LogP contribution in [0.25, 0.3) is 0 Å². The fourth-order valence-corrected chi connectivity index (χ4v) is 4.37. The molecule has 0 unspecified atom stereocenters. The van der Waals surface area contributed by atoms with Crippen molar-refractivity contribution in [1.82, 2.24) is 19.6 Å². The van der Waals surface area contributed by atoms with Gasteiger partial charge in [-0.1, -0.05) is 0 Å². The molecule has 0 bridgehead atoms. The number of piperidine rings is 1. The van der Waals surface area contributed by atoms with Crippen LogP contribution in [0.2, 0.25) is 0 Å². The van der Waals surface area contributed by atoms with Gasteiger partial charge in [0.05, 0.1) is 18.3 Å². The molecule has 1 spiro atoms. The average Bonchev–Trinajstić information content (AvgIpc) is 3.04. The molecule has 1 aromatic heterocycles. The highest BCUT2D eigenvalue weighted by atomic mass is 16.3. The molecule has 2 aliphatic rings. The zero-order valence-corrected chi connectivity index (χ0v) is 13.5. The summed E-state index contributed by atoms with van der Waals surface area (Å²) < 4.78 is 1.82. The minimum atomic E-state index is -0.0686. The van der Waals surface area contributed by atoms with E-state index in [1.165, 1.54) is 5.56 Å². The van der Waals surface area contributed by atoms with E-state index in [4.69, 9.17) is 5.11 Å². The van der Waals surface area contributed by atoms with Crippen LogP contribution in [-0.2, 0) is 11.8 Å². The van der Waals surface area contributed by atoms with Gasteiger partial charge in [0.2, 0.25) is 5.91 Å². The predicted molar refractivity (Wildman–Crippen MR) is 83.4 cm³/mol. The maximum atomic E-state index is 12.5. The monoisotopic (exact) mass is 306 g/mol. The SMILES string of the molecule is CCN1C(=O)C[C@@H](c2cnn(C)c2)C12CCN(CCO)CC2. The van der Waals surface area contributed by atoms with E-state index in [1.807, 2.05) is 17.9 Å². The molecule has 1 atom stereocenters. The van der Waals surface area contributed by atoms with Gasteiger partial charge in [-0.2, -0.15) is 5.10 Å². The van der Waals surface area contributed by atoms with Gasteiger partial charge in [0, 0.05) is 51.8 Å². The molecule has 3 heterocycles. The zero-order valence-electron chi connectivity index (χ0n) is 13.5. The number of amides is 1. The normalized spacial score (nSPS) is 25.3. The van der Waals surface area contributed by atoms with Crippen molar-refractivity contribution in [2.24, 2.45) is 7.05 Å². The number of hydrogen-bond acceptors (Lipinski definition) is 4. The largest absolute Gasteiger partial charge is 0.395 e. The number of likely N-dealkylation sites (tertiary alicyclic amines) is 2. The Balaban J connectivity index is 1.88. The van der Waals surface area contributed by atoms with Crippen molar-refractivity contribution in [3.05, 3.63) is 18.0 Å². The van der Waals surface area contributed by atoms with Crippen molar-refractivity contribution in [3.8, 4) is 0 Å². The van der Waals surface area contributed by atoms with Gasteiger partial charge in [0.15, 0.2) is 0 Å². The Bertz CT molecular complexity index is 534. The second-order valence-electron chi connectivity index (χ2n) is 6.51. The van der Waals surface area contributed by atoms with Gasteiger partial charge in [-0.05, 0) is 25.3 Å². The standard InChI is InChI=1S/C16H26N4O2/c1-3-20-15(22)10-14(13-11-17-18(2)12-13)16(20)4-6-19(7-5-16)8-9-21/h11-12,14,21H,3-10H2,1-2H3/t14-/m0/s1. The van der Waals surface area contributed by atoms with Crippen molar-refractivity contribution in [1.29, 1.82) is 0 Å². The number of β-amino-alcohol motifs (C(OH)–C–C–N with tert-alkyl or cyclic N) is 1. The van der Waals surface area contributed by atoms with Crippen LogP contribution < -0.4 is 0 Å². The highest BCUT2D eigenvalue weighted by molar-refractivity contribution is 5.81. The van der Waals surface area contributed by atoms with Crippen LogP contribution in [-0.4, -0.2) is 68.9 Å². The molecular formula is C16H26N4O2. The van der Waals surface area contributed by atoms with Crippen molar-refractivity contribution in [2.45, 2.75) is 37.6 Å². The molecule has 0 aromatic carbocycles. The lowest BCUT2D eigenvalue weighted by Crippen LogP contribution is -2.55. The summed E-state index contributed by atoms with van der Waals surface area (Å²) in [6.07, 6.45) is 6.52. The fourth-order valence-electron chi connectivity index (χ4n) is 4.37. The first-order valence-corrected chi connectivity index (χ1v) is 8.23. The van der Waals surface area contributed by atoms with Crippen LogP contribution >= 0.6 is 0 Å². The van der Waals surface area contributed by atoms with Crippen LogP contribution in [0.15, 0.2) is 12.4 Å². The van der Waals surface area contributed by atoms with Gasteiger partial charge >= 0.3 is 0 Å². The Kier molecular flexibility index (Phi) is 4.23. The van der Waals surface area contributed by atoms with Gasteiger partial charge in [0.1, 0.15) is 0 Å². The van der Waals surface area contributed by atoms with Crippen molar-refractivity contribution >= 4 is 5.91 Å². The summed E-state index contributed by atoms with van der Waals surface area (Å²) in [7, 11) is 1.92. The number of carbonyl (C=O) groups excluding carboxylic acids is 1. The second-order valence-corrected chi connectivity index (χ2v) is 6.51. The van der Waals surface area contributed by atoms with Gasteiger partial charge in [0.25, 0.3) is 0 Å². The summed E-state index contributed by atoms with van der Waals surface area (Å²) in [5.74, 6) is 0.511. The maximum Gasteiger partial charge on any atom is 0.223 e. The molecule has 6 heteroatoms. The van der Waals surface area contributed by atoms with Crippen molar-refractivity contribution in [2.75, 3.05) is 32.8 Å². The van der Waals surface area contributed by atoms with Crippen LogP contribution in [0.4, 0.5) is 0 Å². The molecule has 2 fully saturated rings. The fraction of sp³-hybridized carbons (Fsp3) is 0.750. The summed E-state index contributed by atoms with van der Waals surface area (Å²) >= 11 is 0. The number of aryl methyl sites for hydroxylation is 1. The van der Waals surface area contributed by atoms with Crippen LogP contribution in [0.3, 0.4) is 0 Å². The summed E-state index contributed by atoms with van der Waals surface area (Å²) in [5.41, 5.74) is 1.11. The lowest BCUT2D eigenvalue weighted by Gasteiger charge is -2.47. The average molecular weight is 306 g/mol. The molecule has 1 amide bonds. The predicted octanol–water partition coefficient (Wildman–Crippen LogP) is 0.583. The number of carbonyl (C=O) groups is 1. The van der Waals surface area contributed by atoms with Gasteiger partial charge < -0.3 is 14.9 Å². The molecule has 2 aliphatic heterocycles. The lowest BCUT2D eigenvalue weighted by molar-refractivity contribution is -0.132. The molecule has 0 saturated carbocycles. The van der Waals surface area contributed by atoms with Gasteiger partial charge in [-0.3, -0.25) is 9.48 Å². The molecule has 22 heavy (non-hydrogen) atoms. The molecule has 0 radical (unpaired) electrons. The number of nitrogens with zero attached hydrogens (tertiary/aromatic N) is 4. The Hall–Kier alpha value is -1.40. The summed E-state index contributed by atoms with van der Waals surface area (Å²) in [6.45, 7) is 5.67. The third-order valence-electron chi connectivity index (χ3n) is 5.45. The number of hydrogen-bond donors (Lipinski definition) is 1. The Morgan fingerprint density at radius 3 is 2.68 bits per heavy atom. The molecular weight excluding hydrogens is 280 g/mol. The minimum absolute atomic E-state index is 0.0686. The van der Waals surface area contributed by atoms with E-state index in [9.17, 15) is 4.79 Å². The van der Waals surface area contributed by atoms with Crippen molar-refractivity contribution < 1.29 is 9.90 Å². The van der Waals surface area contributed by atoms with Gasteiger partial charge in [-0.25, -0.2) is 0 Å². The first-order valence-electron chi connectivity index (χ1n) is 8.23. The van der Waals surface area contributed by atoms with E-state index in [2.05, 4.69) is 28.0 Å². The second kappa shape index (κ2) is 6.01. The van der Waals surface area contributed by atoms with Crippen LogP contribution in [0.1, 0.15) is 37.7 Å². The smallest absolute Gasteiger partial charge is 0.223 e. The minimum Gasteiger partial charge on any atom is -0.395 e. The van der Waals surface area contributed by atoms with Crippen molar-refractivity contribution in [3.63, 3.8) is 0 Å². The van der Waals surface area contributed by atoms with E-state index in [1.54, 1.807) is 0 Å². The van der Waals surface area contributed by atoms with Gasteiger partial charge in [-0.15, -0.1) is 0 Å². The molecule has 0 aliphatic carbocycles. The summed E-state index contributed by atoms with van der Waals surface area (Å²) in [5, 5.41) is 13.4. The molecule has 3 rings (SSSR count). The first kappa shape index (κ1) is 15.5. The quantitative estimate of drug-likeness (QED) is 0.884. The van der Waals surface area contributed by atoms with Crippen LogP contribution in [0, 0.1) is 0 Å². The van der Waals surface area contributed by atoms with E-state index >= 15 is 0 Å². The number of rotatable bonds is 4. The highest BCUT2D eigenvalue weighted by Crippen LogP contribution is 2.48. The summed E-state index contributed by atoms with van der Waals surface area (Å²) in [4.78, 5) is 16.9. The Morgan fingerprint density at radius 1 is 1.41 bits per heavy atom. The number of aliphatic hydroxyl groups is 1.